The lowest BCUT2D eigenvalue weighted by atomic mass is 10.2. The molecule has 0 aromatic heterocycles. The fourth-order valence-electron chi connectivity index (χ4n) is 2.98. The average molecular weight is 399 g/mol. The molecule has 6 heteroatoms. The van der Waals surface area contributed by atoms with Gasteiger partial charge in [0.25, 0.3) is 0 Å². The molecule has 1 aliphatic heterocycles. The van der Waals surface area contributed by atoms with Crippen molar-refractivity contribution >= 4 is 17.3 Å². The summed E-state index contributed by atoms with van der Waals surface area (Å²) in [5, 5.41) is 6.03. The molecular weight excluding hydrogens is 368 g/mol. The molecule has 0 radical (unpaired) electrons. The smallest absolute Gasteiger partial charge is 0.243 e. The molecular formula is C23H30N2O4. The Labute approximate surface area is 172 Å². The van der Waals surface area contributed by atoms with Crippen molar-refractivity contribution in [1.82, 2.24) is 0 Å². The second-order valence-corrected chi connectivity index (χ2v) is 7.57. The lowest BCUT2D eigenvalue weighted by molar-refractivity contribution is -0.114. The summed E-state index contributed by atoms with van der Waals surface area (Å²) in [5.74, 6) is 1.86. The van der Waals surface area contributed by atoms with E-state index in [9.17, 15) is 4.79 Å². The van der Waals surface area contributed by atoms with Crippen LogP contribution in [-0.2, 0) is 9.53 Å². The van der Waals surface area contributed by atoms with E-state index in [2.05, 4.69) is 24.5 Å². The number of anilines is 2. The van der Waals surface area contributed by atoms with E-state index in [-0.39, 0.29) is 18.6 Å². The van der Waals surface area contributed by atoms with Crippen LogP contribution in [0.4, 0.5) is 11.4 Å². The van der Waals surface area contributed by atoms with Gasteiger partial charge in [0.1, 0.15) is 18.1 Å². The first-order chi connectivity index (χ1) is 14.1. The minimum absolute atomic E-state index is 0.130. The largest absolute Gasteiger partial charge is 0.493 e. The Bertz CT molecular complexity index is 771. The number of hydrogen-bond donors (Lipinski definition) is 2. The molecule has 29 heavy (non-hydrogen) atoms. The van der Waals surface area contributed by atoms with E-state index >= 15 is 0 Å². The molecule has 1 atom stereocenters. The normalized spacial score (nSPS) is 15.9. The fourth-order valence-corrected chi connectivity index (χ4v) is 2.98. The first kappa shape index (κ1) is 21.0. The highest BCUT2D eigenvalue weighted by Gasteiger charge is 2.16. The lowest BCUT2D eigenvalue weighted by Gasteiger charge is -2.15. The van der Waals surface area contributed by atoms with Crippen LogP contribution in [0.15, 0.2) is 48.5 Å². The van der Waals surface area contributed by atoms with Gasteiger partial charge in [-0.3, -0.25) is 4.79 Å². The highest BCUT2D eigenvalue weighted by atomic mass is 16.5. The number of ether oxygens (including phenoxy) is 3. The van der Waals surface area contributed by atoms with Gasteiger partial charge in [0, 0.05) is 12.3 Å². The summed E-state index contributed by atoms with van der Waals surface area (Å²) in [5.41, 5.74) is 1.52. The molecule has 156 valence electrons. The molecule has 0 saturated carbocycles. The van der Waals surface area contributed by atoms with Gasteiger partial charge in [-0.15, -0.1) is 0 Å². The third-order valence-corrected chi connectivity index (χ3v) is 4.50. The Morgan fingerprint density at radius 3 is 2.66 bits per heavy atom. The van der Waals surface area contributed by atoms with Gasteiger partial charge in [0.05, 0.1) is 24.9 Å². The molecule has 0 bridgehead atoms. The van der Waals surface area contributed by atoms with Crippen LogP contribution in [0.1, 0.15) is 26.7 Å². The summed E-state index contributed by atoms with van der Waals surface area (Å²) >= 11 is 0. The molecule has 6 nitrogen and oxygen atoms in total. The van der Waals surface area contributed by atoms with E-state index in [0.29, 0.717) is 19.1 Å². The molecule has 1 heterocycles. The quantitative estimate of drug-likeness (QED) is 0.623. The van der Waals surface area contributed by atoms with Gasteiger partial charge in [-0.05, 0) is 55.2 Å². The maximum atomic E-state index is 12.3. The predicted octanol–water partition coefficient (Wildman–Crippen LogP) is 4.33. The zero-order chi connectivity index (χ0) is 20.5. The molecule has 0 spiro atoms. The molecule has 1 unspecified atom stereocenters. The Morgan fingerprint density at radius 2 is 1.93 bits per heavy atom. The van der Waals surface area contributed by atoms with E-state index < -0.39 is 0 Å². The average Bonchev–Trinajstić information content (AvgIpc) is 3.24. The number of rotatable bonds is 10. The summed E-state index contributed by atoms with van der Waals surface area (Å²) in [6.45, 7) is 6.35. The third kappa shape index (κ3) is 6.98. The zero-order valence-corrected chi connectivity index (χ0v) is 17.1. The highest BCUT2D eigenvalue weighted by Crippen LogP contribution is 2.25. The summed E-state index contributed by atoms with van der Waals surface area (Å²) < 4.78 is 17.1. The van der Waals surface area contributed by atoms with Crippen molar-refractivity contribution < 1.29 is 19.0 Å². The van der Waals surface area contributed by atoms with E-state index in [1.54, 1.807) is 0 Å². The third-order valence-electron chi connectivity index (χ3n) is 4.50. The minimum atomic E-state index is -0.130. The Morgan fingerprint density at radius 1 is 1.14 bits per heavy atom. The van der Waals surface area contributed by atoms with Crippen molar-refractivity contribution in [3.63, 3.8) is 0 Å². The van der Waals surface area contributed by atoms with Gasteiger partial charge < -0.3 is 24.8 Å². The second kappa shape index (κ2) is 10.7. The van der Waals surface area contributed by atoms with Crippen LogP contribution in [0.2, 0.25) is 0 Å². The van der Waals surface area contributed by atoms with Crippen LogP contribution in [0.3, 0.4) is 0 Å². The van der Waals surface area contributed by atoms with Crippen LogP contribution in [0, 0.1) is 5.92 Å². The molecule has 0 aliphatic carbocycles. The van der Waals surface area contributed by atoms with Crippen molar-refractivity contribution in [3.8, 4) is 11.5 Å². The lowest BCUT2D eigenvalue weighted by Crippen LogP contribution is -2.22. The first-order valence-electron chi connectivity index (χ1n) is 10.2. The van der Waals surface area contributed by atoms with Crippen molar-refractivity contribution in [2.24, 2.45) is 5.92 Å². The second-order valence-electron chi connectivity index (χ2n) is 7.57. The molecule has 1 fully saturated rings. The van der Waals surface area contributed by atoms with Gasteiger partial charge in [-0.25, -0.2) is 0 Å². The van der Waals surface area contributed by atoms with Crippen LogP contribution in [0.25, 0.3) is 0 Å². The Hall–Kier alpha value is -2.73. The molecule has 2 aromatic carbocycles. The van der Waals surface area contributed by atoms with E-state index in [1.165, 1.54) is 0 Å². The molecule has 1 saturated heterocycles. The van der Waals surface area contributed by atoms with E-state index in [4.69, 9.17) is 14.2 Å². The molecule has 2 N–H and O–H groups in total. The monoisotopic (exact) mass is 398 g/mol. The Kier molecular flexibility index (Phi) is 7.76. The van der Waals surface area contributed by atoms with E-state index in [1.807, 2.05) is 48.5 Å². The maximum absolute atomic E-state index is 12.3. The van der Waals surface area contributed by atoms with Crippen LogP contribution in [0.5, 0.6) is 11.5 Å². The predicted molar refractivity (Wildman–Crippen MR) is 115 cm³/mol. The number of nitrogens with one attached hydrogen (secondary N) is 2. The fraction of sp³-hybridized carbons (Fsp3) is 0.435. The maximum Gasteiger partial charge on any atom is 0.243 e. The van der Waals surface area contributed by atoms with Gasteiger partial charge in [-0.1, -0.05) is 26.0 Å². The number of amides is 1. The number of benzene rings is 2. The highest BCUT2D eigenvalue weighted by molar-refractivity contribution is 5.94. The topological polar surface area (TPSA) is 68.8 Å². The minimum Gasteiger partial charge on any atom is -0.493 e. The zero-order valence-electron chi connectivity index (χ0n) is 17.1. The van der Waals surface area contributed by atoms with Crippen LogP contribution >= 0.6 is 0 Å². The molecule has 3 rings (SSSR count). The summed E-state index contributed by atoms with van der Waals surface area (Å²) in [4.78, 5) is 12.3. The number of hydrogen-bond acceptors (Lipinski definition) is 5. The molecule has 1 aliphatic rings. The van der Waals surface area contributed by atoms with Crippen molar-refractivity contribution in [3.05, 3.63) is 48.5 Å². The van der Waals surface area contributed by atoms with Gasteiger partial charge in [-0.2, -0.15) is 0 Å². The number of para-hydroxylation sites is 2. The van der Waals surface area contributed by atoms with Crippen molar-refractivity contribution in [2.75, 3.05) is 37.0 Å². The van der Waals surface area contributed by atoms with Crippen molar-refractivity contribution in [2.45, 2.75) is 32.8 Å². The number of carbonyl (C=O) groups excluding carboxylic acids is 1. The van der Waals surface area contributed by atoms with E-state index in [0.717, 1.165) is 42.3 Å². The number of carbonyl (C=O) groups is 1. The first-order valence-corrected chi connectivity index (χ1v) is 10.2. The van der Waals surface area contributed by atoms with Crippen LogP contribution < -0.4 is 20.1 Å². The van der Waals surface area contributed by atoms with Crippen LogP contribution in [-0.4, -0.2) is 38.4 Å². The summed E-state index contributed by atoms with van der Waals surface area (Å²) in [7, 11) is 0. The molecule has 2 aromatic rings. The van der Waals surface area contributed by atoms with Crippen molar-refractivity contribution in [1.29, 1.82) is 0 Å². The Balaban J connectivity index is 1.46. The standard InChI is InChI=1S/C23H30N2O4/c1-17(2)15-28-19-11-9-18(10-12-19)25-23(26)14-24-21-7-3-4-8-22(21)29-16-20-6-5-13-27-20/h3-4,7-12,17,20,24H,5-6,13-16H2,1-2H3,(H,25,26). The molecule has 1 amide bonds. The summed E-state index contributed by atoms with van der Waals surface area (Å²) in [6.07, 6.45) is 2.26. The SMILES string of the molecule is CC(C)COc1ccc(NC(=O)CNc2ccccc2OCC2CCCO2)cc1. The summed E-state index contributed by atoms with van der Waals surface area (Å²) in [6, 6.07) is 15.0. The van der Waals surface area contributed by atoms with Gasteiger partial charge in [0.15, 0.2) is 0 Å². The van der Waals surface area contributed by atoms with Gasteiger partial charge in [0.2, 0.25) is 5.91 Å². The van der Waals surface area contributed by atoms with Gasteiger partial charge >= 0.3 is 0 Å².